The minimum Gasteiger partial charge on any atom is -0.458 e. The van der Waals surface area contributed by atoms with Crippen LogP contribution < -0.4 is 10.6 Å². The molecule has 0 aliphatic carbocycles. The Morgan fingerprint density at radius 1 is 1.11 bits per heavy atom. The van der Waals surface area contributed by atoms with Crippen LogP contribution in [0.3, 0.4) is 0 Å². The molecule has 0 spiro atoms. The lowest BCUT2D eigenvalue weighted by molar-refractivity contribution is -0.156. The number of aldehydes is 1. The van der Waals surface area contributed by atoms with Crippen molar-refractivity contribution in [2.24, 2.45) is 5.41 Å². The number of hydrogen-bond acceptors (Lipinski definition) is 5. The smallest absolute Gasteiger partial charge is 0.328 e. The zero-order chi connectivity index (χ0) is 21.0. The minimum atomic E-state index is -0.866. The second-order valence-electron chi connectivity index (χ2n) is 9.05. The summed E-state index contributed by atoms with van der Waals surface area (Å²) in [5, 5.41) is 5.17. The number of likely N-dealkylation sites (tertiary alicyclic amines) is 1. The Morgan fingerprint density at radius 2 is 1.70 bits per heavy atom. The highest BCUT2D eigenvalue weighted by Crippen LogP contribution is 2.25. The standard InChI is InChI=1S/C19H33N3O5/c1-12(16(25)27-19(5,6)7)20-17(26)21-14(18(2,3)4)15(24)22-10-8-9-13(22)11-23/h11-14H,8-10H2,1-7H3,(H2,20,21,26). The van der Waals surface area contributed by atoms with E-state index in [1.165, 1.54) is 11.8 Å². The highest BCUT2D eigenvalue weighted by molar-refractivity contribution is 5.91. The lowest BCUT2D eigenvalue weighted by Gasteiger charge is -2.35. The molecule has 1 saturated heterocycles. The second-order valence-corrected chi connectivity index (χ2v) is 9.05. The van der Waals surface area contributed by atoms with Gasteiger partial charge in [-0.05, 0) is 46.0 Å². The molecule has 0 aromatic rings. The van der Waals surface area contributed by atoms with Crippen molar-refractivity contribution in [1.29, 1.82) is 0 Å². The first kappa shape index (κ1) is 22.9. The van der Waals surface area contributed by atoms with Crippen molar-refractivity contribution in [2.75, 3.05) is 6.54 Å². The van der Waals surface area contributed by atoms with E-state index in [2.05, 4.69) is 10.6 Å². The van der Waals surface area contributed by atoms with E-state index in [9.17, 15) is 19.2 Å². The number of rotatable bonds is 5. The highest BCUT2D eigenvalue weighted by Gasteiger charge is 2.39. The van der Waals surface area contributed by atoms with Gasteiger partial charge in [0.05, 0.1) is 6.04 Å². The Bertz CT molecular complexity index is 577. The van der Waals surface area contributed by atoms with Gasteiger partial charge in [-0.2, -0.15) is 0 Å². The molecule has 27 heavy (non-hydrogen) atoms. The summed E-state index contributed by atoms with van der Waals surface area (Å²) < 4.78 is 5.23. The molecule has 8 nitrogen and oxygen atoms in total. The van der Waals surface area contributed by atoms with E-state index in [0.29, 0.717) is 13.0 Å². The van der Waals surface area contributed by atoms with Crippen LogP contribution in [0.2, 0.25) is 0 Å². The fourth-order valence-electron chi connectivity index (χ4n) is 2.84. The number of urea groups is 1. The third-order valence-corrected chi connectivity index (χ3v) is 4.24. The van der Waals surface area contributed by atoms with Crippen LogP contribution in [0.25, 0.3) is 0 Å². The molecular formula is C19H33N3O5. The van der Waals surface area contributed by atoms with E-state index < -0.39 is 41.1 Å². The van der Waals surface area contributed by atoms with Crippen molar-refractivity contribution >= 4 is 24.2 Å². The lowest BCUT2D eigenvalue weighted by atomic mass is 9.85. The van der Waals surface area contributed by atoms with Gasteiger partial charge in [0.1, 0.15) is 24.0 Å². The number of esters is 1. The predicted molar refractivity (Wildman–Crippen MR) is 101 cm³/mol. The van der Waals surface area contributed by atoms with Gasteiger partial charge >= 0.3 is 12.0 Å². The van der Waals surface area contributed by atoms with E-state index in [1.807, 2.05) is 20.8 Å². The molecule has 2 N–H and O–H groups in total. The summed E-state index contributed by atoms with van der Waals surface area (Å²) in [7, 11) is 0. The summed E-state index contributed by atoms with van der Waals surface area (Å²) in [6, 6.07) is -2.78. The SMILES string of the molecule is CC(NC(=O)NC(C(=O)N1CCCC1C=O)C(C)(C)C)C(=O)OC(C)(C)C. The van der Waals surface area contributed by atoms with Gasteiger partial charge in [0.15, 0.2) is 0 Å². The van der Waals surface area contributed by atoms with Crippen LogP contribution in [0, 0.1) is 5.41 Å². The van der Waals surface area contributed by atoms with Gasteiger partial charge < -0.3 is 25.1 Å². The molecule has 1 heterocycles. The molecule has 1 aliphatic heterocycles. The first-order valence-corrected chi connectivity index (χ1v) is 9.32. The average Bonchev–Trinajstić information content (AvgIpc) is 2.97. The average molecular weight is 383 g/mol. The minimum absolute atomic E-state index is 0.294. The molecule has 0 saturated carbocycles. The van der Waals surface area contributed by atoms with E-state index in [4.69, 9.17) is 4.74 Å². The summed E-state index contributed by atoms with van der Waals surface area (Å²) in [5.41, 5.74) is -1.23. The molecule has 3 atom stereocenters. The van der Waals surface area contributed by atoms with Crippen molar-refractivity contribution < 1.29 is 23.9 Å². The van der Waals surface area contributed by atoms with Crippen molar-refractivity contribution in [3.63, 3.8) is 0 Å². The van der Waals surface area contributed by atoms with Gasteiger partial charge in [-0.15, -0.1) is 0 Å². The molecule has 3 amide bonds. The first-order chi connectivity index (χ1) is 12.3. The van der Waals surface area contributed by atoms with Crippen molar-refractivity contribution in [3.8, 4) is 0 Å². The summed E-state index contributed by atoms with van der Waals surface area (Å²) in [4.78, 5) is 50.1. The predicted octanol–water partition coefficient (Wildman–Crippen LogP) is 1.62. The zero-order valence-corrected chi connectivity index (χ0v) is 17.4. The molecule has 8 heteroatoms. The molecule has 0 radical (unpaired) electrons. The number of amides is 3. The third-order valence-electron chi connectivity index (χ3n) is 4.24. The second kappa shape index (κ2) is 8.71. The van der Waals surface area contributed by atoms with Crippen molar-refractivity contribution in [2.45, 2.75) is 85.0 Å². The number of ether oxygens (including phenoxy) is 1. The Hall–Kier alpha value is -2.12. The van der Waals surface area contributed by atoms with E-state index in [1.54, 1.807) is 20.8 Å². The third kappa shape index (κ3) is 6.84. The molecular weight excluding hydrogens is 350 g/mol. The number of carbonyl (C=O) groups is 4. The summed E-state index contributed by atoms with van der Waals surface area (Å²) in [6.45, 7) is 12.7. The quantitative estimate of drug-likeness (QED) is 0.554. The molecule has 0 aromatic carbocycles. The van der Waals surface area contributed by atoms with Crippen LogP contribution in [0.1, 0.15) is 61.3 Å². The number of nitrogens with zero attached hydrogens (tertiary/aromatic N) is 1. The largest absolute Gasteiger partial charge is 0.458 e. The van der Waals surface area contributed by atoms with Crippen LogP contribution in [0.5, 0.6) is 0 Å². The summed E-state index contributed by atoms with van der Waals surface area (Å²) in [6.07, 6.45) is 2.16. The number of hydrogen-bond donors (Lipinski definition) is 2. The maximum atomic E-state index is 12.9. The Kier molecular flexibility index (Phi) is 7.40. The summed E-state index contributed by atoms with van der Waals surface area (Å²) in [5.74, 6) is -0.853. The van der Waals surface area contributed by atoms with E-state index in [0.717, 1.165) is 12.7 Å². The van der Waals surface area contributed by atoms with Crippen LogP contribution in [0.4, 0.5) is 4.79 Å². The Morgan fingerprint density at radius 3 is 2.19 bits per heavy atom. The maximum Gasteiger partial charge on any atom is 0.328 e. The number of carbonyl (C=O) groups excluding carboxylic acids is 4. The van der Waals surface area contributed by atoms with E-state index >= 15 is 0 Å². The highest BCUT2D eigenvalue weighted by atomic mass is 16.6. The fraction of sp³-hybridized carbons (Fsp3) is 0.789. The molecule has 154 valence electrons. The lowest BCUT2D eigenvalue weighted by Crippen LogP contribution is -2.59. The molecule has 1 aliphatic rings. The normalized spacial score (nSPS) is 19.8. The molecule has 1 fully saturated rings. The van der Waals surface area contributed by atoms with Gasteiger partial charge in [-0.3, -0.25) is 4.79 Å². The van der Waals surface area contributed by atoms with Crippen LogP contribution in [-0.2, 0) is 19.1 Å². The van der Waals surface area contributed by atoms with Crippen molar-refractivity contribution in [3.05, 3.63) is 0 Å². The van der Waals surface area contributed by atoms with Crippen molar-refractivity contribution in [1.82, 2.24) is 15.5 Å². The fourth-order valence-corrected chi connectivity index (χ4v) is 2.84. The molecule has 3 unspecified atom stereocenters. The van der Waals surface area contributed by atoms with Gasteiger partial charge in [0, 0.05) is 6.54 Å². The Balaban J connectivity index is 2.80. The number of nitrogens with one attached hydrogen (secondary N) is 2. The molecule has 0 bridgehead atoms. The maximum absolute atomic E-state index is 12.9. The van der Waals surface area contributed by atoms with Gasteiger partial charge in [-0.25, -0.2) is 9.59 Å². The zero-order valence-electron chi connectivity index (χ0n) is 17.4. The van der Waals surface area contributed by atoms with Gasteiger partial charge in [-0.1, -0.05) is 20.8 Å². The van der Waals surface area contributed by atoms with Crippen LogP contribution in [-0.4, -0.2) is 59.4 Å². The summed E-state index contributed by atoms with van der Waals surface area (Å²) >= 11 is 0. The molecule has 1 rings (SSSR count). The monoisotopic (exact) mass is 383 g/mol. The molecule has 0 aromatic heterocycles. The first-order valence-electron chi connectivity index (χ1n) is 9.32. The topological polar surface area (TPSA) is 105 Å². The Labute approximate surface area is 161 Å². The van der Waals surface area contributed by atoms with Gasteiger partial charge in [0.2, 0.25) is 5.91 Å². The van der Waals surface area contributed by atoms with E-state index in [-0.39, 0.29) is 5.91 Å². The van der Waals surface area contributed by atoms with Crippen LogP contribution >= 0.6 is 0 Å². The van der Waals surface area contributed by atoms with Crippen LogP contribution in [0.15, 0.2) is 0 Å². The van der Waals surface area contributed by atoms with Gasteiger partial charge in [0.25, 0.3) is 0 Å².